The van der Waals surface area contributed by atoms with Crippen molar-refractivity contribution in [2.45, 2.75) is 39.5 Å². The first-order chi connectivity index (χ1) is 15.9. The third-order valence-corrected chi connectivity index (χ3v) is 5.50. The Hall–Kier alpha value is -2.88. The number of oxazole rings is 1. The third kappa shape index (κ3) is 7.31. The Bertz CT molecular complexity index is 1070. The van der Waals surface area contributed by atoms with Crippen LogP contribution in [0.4, 0.5) is 11.7 Å². The molecule has 0 aliphatic heterocycles. The van der Waals surface area contributed by atoms with Crippen molar-refractivity contribution >= 4 is 41.9 Å². The standard InChI is InChI=1S/C22H26BN3O4S.C2H6/c1-5-15(12-17(14(2)3)23(28)29-4)26-31-21-11-10-16(27)13-19(21)25-22-24-18-8-6-7-9-20(18)30-22;1-2/h5-14,26-28H,1-4H3,(H,24,25);1-2H3/b15-5+,17-12+;. The summed E-state index contributed by atoms with van der Waals surface area (Å²) in [6.07, 6.45) is 3.78. The van der Waals surface area contributed by atoms with Crippen LogP contribution in [0.5, 0.6) is 5.75 Å². The number of nitrogens with zero attached hydrogens (tertiary/aromatic N) is 1. The Balaban J connectivity index is 0.00000187. The molecule has 0 aliphatic rings. The molecule has 0 saturated carbocycles. The predicted octanol–water partition coefficient (Wildman–Crippen LogP) is 6.05. The van der Waals surface area contributed by atoms with Crippen LogP contribution >= 0.6 is 11.9 Å². The maximum absolute atomic E-state index is 10.1. The van der Waals surface area contributed by atoms with E-state index in [4.69, 9.17) is 9.07 Å². The summed E-state index contributed by atoms with van der Waals surface area (Å²) >= 11 is 1.36. The SMILES string of the molecule is C/C=C(\C=C(\B(O)OC)C(C)C)NSc1ccc(O)cc1Nc1nc2ccccc2o1.CC. The molecule has 7 nitrogen and oxygen atoms in total. The lowest BCUT2D eigenvalue weighted by Crippen LogP contribution is -2.23. The van der Waals surface area contributed by atoms with Gasteiger partial charge in [-0.15, -0.1) is 0 Å². The first-order valence-electron chi connectivity index (χ1n) is 10.9. The molecule has 0 radical (unpaired) electrons. The molecule has 1 heterocycles. The van der Waals surface area contributed by atoms with Gasteiger partial charge in [0.25, 0.3) is 6.01 Å². The van der Waals surface area contributed by atoms with Crippen molar-refractivity contribution < 1.29 is 19.2 Å². The molecular weight excluding hydrogens is 437 g/mol. The van der Waals surface area contributed by atoms with Gasteiger partial charge in [-0.25, -0.2) is 0 Å². The lowest BCUT2D eigenvalue weighted by molar-refractivity contribution is 0.332. The predicted molar refractivity (Wildman–Crippen MR) is 137 cm³/mol. The minimum atomic E-state index is -0.966. The van der Waals surface area contributed by atoms with Gasteiger partial charge in [0.15, 0.2) is 5.58 Å². The van der Waals surface area contributed by atoms with Crippen molar-refractivity contribution in [2.24, 2.45) is 5.92 Å². The number of rotatable bonds is 9. The second kappa shape index (κ2) is 13.0. The molecule has 0 unspecified atom stereocenters. The van der Waals surface area contributed by atoms with Gasteiger partial charge in [-0.3, -0.25) is 0 Å². The van der Waals surface area contributed by atoms with Gasteiger partial charge in [0.05, 0.1) is 10.6 Å². The molecule has 3 aromatic rings. The second-order valence-electron chi connectivity index (χ2n) is 7.13. The van der Waals surface area contributed by atoms with Crippen molar-refractivity contribution in [3.05, 3.63) is 65.8 Å². The maximum atomic E-state index is 10.1. The van der Waals surface area contributed by atoms with Gasteiger partial charge in [0, 0.05) is 18.9 Å². The number of hydrogen-bond acceptors (Lipinski definition) is 8. The van der Waals surface area contributed by atoms with Crippen molar-refractivity contribution in [1.82, 2.24) is 9.71 Å². The smallest absolute Gasteiger partial charge is 0.487 e. The van der Waals surface area contributed by atoms with Crippen LogP contribution in [0.15, 0.2) is 75.1 Å². The van der Waals surface area contributed by atoms with Gasteiger partial charge >= 0.3 is 7.12 Å². The van der Waals surface area contributed by atoms with E-state index in [-0.39, 0.29) is 11.7 Å². The summed E-state index contributed by atoms with van der Waals surface area (Å²) in [5, 5.41) is 23.2. The summed E-state index contributed by atoms with van der Waals surface area (Å²) in [6, 6.07) is 12.8. The van der Waals surface area contributed by atoms with Crippen molar-refractivity contribution in [3.8, 4) is 5.75 Å². The van der Waals surface area contributed by atoms with E-state index >= 15 is 0 Å². The molecule has 0 atom stereocenters. The average molecular weight is 469 g/mol. The van der Waals surface area contributed by atoms with Crippen molar-refractivity contribution in [3.63, 3.8) is 0 Å². The summed E-state index contributed by atoms with van der Waals surface area (Å²) in [5.41, 5.74) is 3.64. The number of allylic oxidation sites excluding steroid dienone is 3. The van der Waals surface area contributed by atoms with Crippen molar-refractivity contribution in [2.75, 3.05) is 12.4 Å². The van der Waals surface area contributed by atoms with Crippen LogP contribution in [-0.4, -0.2) is 29.3 Å². The summed E-state index contributed by atoms with van der Waals surface area (Å²) < 4.78 is 14.1. The normalized spacial score (nSPS) is 11.9. The minimum Gasteiger partial charge on any atom is -0.508 e. The lowest BCUT2D eigenvalue weighted by Gasteiger charge is -2.16. The van der Waals surface area contributed by atoms with Gasteiger partial charge in [0.1, 0.15) is 11.3 Å². The lowest BCUT2D eigenvalue weighted by atomic mass is 9.72. The molecule has 0 saturated heterocycles. The number of hydrogen-bond donors (Lipinski definition) is 4. The van der Waals surface area contributed by atoms with Crippen LogP contribution < -0.4 is 10.0 Å². The largest absolute Gasteiger partial charge is 0.508 e. The molecular formula is C24H32BN3O4S. The monoisotopic (exact) mass is 469 g/mol. The highest BCUT2D eigenvalue weighted by Gasteiger charge is 2.21. The Morgan fingerprint density at radius 3 is 2.58 bits per heavy atom. The molecule has 0 fully saturated rings. The zero-order chi connectivity index (χ0) is 24.4. The fraction of sp³-hybridized carbons (Fsp3) is 0.292. The highest BCUT2D eigenvalue weighted by atomic mass is 32.2. The van der Waals surface area contributed by atoms with Crippen LogP contribution in [0, 0.1) is 5.92 Å². The topological polar surface area (TPSA) is 99.8 Å². The molecule has 0 bridgehead atoms. The van der Waals surface area contributed by atoms with E-state index < -0.39 is 7.12 Å². The van der Waals surface area contributed by atoms with Gasteiger partial charge in [0.2, 0.25) is 0 Å². The van der Waals surface area contributed by atoms with Crippen LogP contribution in [-0.2, 0) is 4.65 Å². The quantitative estimate of drug-likeness (QED) is 0.171. The molecule has 9 heteroatoms. The molecule has 0 spiro atoms. The molecule has 1 aromatic heterocycles. The number of para-hydroxylation sites is 2. The average Bonchev–Trinajstić information content (AvgIpc) is 3.23. The Labute approximate surface area is 200 Å². The summed E-state index contributed by atoms with van der Waals surface area (Å²) in [5.74, 6) is 0.237. The number of aromatic nitrogens is 1. The highest BCUT2D eigenvalue weighted by molar-refractivity contribution is 7.97. The van der Waals surface area contributed by atoms with E-state index in [2.05, 4.69) is 15.0 Å². The fourth-order valence-electron chi connectivity index (χ4n) is 2.87. The van der Waals surface area contributed by atoms with Gasteiger partial charge in [-0.2, -0.15) is 4.98 Å². The molecule has 0 amide bonds. The van der Waals surface area contributed by atoms with E-state index in [1.54, 1.807) is 18.2 Å². The summed E-state index contributed by atoms with van der Waals surface area (Å²) in [6.45, 7) is 9.90. The molecule has 33 heavy (non-hydrogen) atoms. The second-order valence-corrected chi connectivity index (χ2v) is 7.98. The Kier molecular flexibility index (Phi) is 10.4. The van der Waals surface area contributed by atoms with Gasteiger partial charge < -0.3 is 29.2 Å². The minimum absolute atomic E-state index is 0.113. The summed E-state index contributed by atoms with van der Waals surface area (Å²) in [4.78, 5) is 5.25. The third-order valence-electron chi connectivity index (χ3n) is 4.59. The molecule has 2 aromatic carbocycles. The number of phenolic OH excluding ortho intramolecular Hbond substituents is 1. The highest BCUT2D eigenvalue weighted by Crippen LogP contribution is 2.33. The molecule has 4 N–H and O–H groups in total. The van der Waals surface area contributed by atoms with E-state index in [1.165, 1.54) is 19.1 Å². The zero-order valence-corrected chi connectivity index (χ0v) is 20.7. The summed E-state index contributed by atoms with van der Waals surface area (Å²) in [7, 11) is 0.505. The van der Waals surface area contributed by atoms with E-state index in [9.17, 15) is 10.1 Å². The number of anilines is 2. The first-order valence-corrected chi connectivity index (χ1v) is 11.7. The van der Waals surface area contributed by atoms with Crippen LogP contribution in [0.3, 0.4) is 0 Å². The van der Waals surface area contributed by atoms with Gasteiger partial charge in [-0.1, -0.05) is 45.9 Å². The number of nitrogens with one attached hydrogen (secondary N) is 2. The number of phenols is 1. The van der Waals surface area contributed by atoms with Crippen LogP contribution in [0.2, 0.25) is 0 Å². The van der Waals surface area contributed by atoms with Crippen molar-refractivity contribution in [1.29, 1.82) is 0 Å². The maximum Gasteiger partial charge on any atom is 0.487 e. The Morgan fingerprint density at radius 1 is 1.21 bits per heavy atom. The van der Waals surface area contributed by atoms with E-state index in [0.717, 1.165) is 21.6 Å². The fourth-order valence-corrected chi connectivity index (χ4v) is 3.63. The Morgan fingerprint density at radius 2 is 1.94 bits per heavy atom. The number of benzene rings is 2. The van der Waals surface area contributed by atoms with Gasteiger partial charge in [-0.05, 0) is 60.6 Å². The van der Waals surface area contributed by atoms with E-state index in [1.807, 2.05) is 71.0 Å². The zero-order valence-electron chi connectivity index (χ0n) is 19.9. The molecule has 3 rings (SSSR count). The van der Waals surface area contributed by atoms with E-state index in [0.29, 0.717) is 17.3 Å². The number of aromatic hydroxyl groups is 1. The van der Waals surface area contributed by atoms with Crippen LogP contribution in [0.25, 0.3) is 11.1 Å². The molecule has 0 aliphatic carbocycles. The molecule has 176 valence electrons. The first kappa shape index (κ1) is 26.4. The number of fused-ring (bicyclic) bond motifs is 1. The van der Waals surface area contributed by atoms with Crippen LogP contribution in [0.1, 0.15) is 34.6 Å².